The molecule has 10 heteroatoms. The van der Waals surface area contributed by atoms with Gasteiger partial charge in [-0.1, -0.05) is 25.4 Å². The summed E-state index contributed by atoms with van der Waals surface area (Å²) in [5.41, 5.74) is 3.62. The standard InChI is InChI=1S/C28H38ClN5O4/c1-18(2)8-12-34-23-7-6-20-14-21(23)27(32-34)28(36)30-9-4-11-33(10-3-5-26(35)31-20)16-19-13-24-25(15-22(19)29)38-17-37-24/h13,15,18,20H,3-12,14,16-17H2,1-2H3,(H,30,36)(H,31,35). The summed E-state index contributed by atoms with van der Waals surface area (Å²) >= 11 is 6.54. The largest absolute Gasteiger partial charge is 0.454 e. The number of aromatic nitrogens is 2. The number of fused-ring (bicyclic) bond motifs is 2. The molecule has 1 aliphatic carbocycles. The maximum atomic E-state index is 13.2. The first-order valence-corrected chi connectivity index (χ1v) is 14.2. The third-order valence-electron chi connectivity index (χ3n) is 7.60. The zero-order valence-corrected chi connectivity index (χ0v) is 23.1. The van der Waals surface area contributed by atoms with E-state index in [0.29, 0.717) is 54.1 Å². The first-order chi connectivity index (χ1) is 18.4. The van der Waals surface area contributed by atoms with E-state index in [1.807, 2.05) is 10.7 Å². The summed E-state index contributed by atoms with van der Waals surface area (Å²) in [6.45, 7) is 8.10. The molecule has 206 valence electrons. The average molecular weight is 544 g/mol. The van der Waals surface area contributed by atoms with Crippen LogP contribution in [0.25, 0.3) is 0 Å². The number of nitrogens with zero attached hydrogens (tertiary/aromatic N) is 3. The van der Waals surface area contributed by atoms with E-state index in [2.05, 4.69) is 29.4 Å². The first-order valence-electron chi connectivity index (χ1n) is 13.8. The van der Waals surface area contributed by atoms with Gasteiger partial charge in [-0.2, -0.15) is 5.10 Å². The molecule has 38 heavy (non-hydrogen) atoms. The fraction of sp³-hybridized carbons (Fsp3) is 0.607. The van der Waals surface area contributed by atoms with E-state index in [9.17, 15) is 9.59 Å². The third kappa shape index (κ3) is 6.26. The quantitative estimate of drug-likeness (QED) is 0.597. The maximum absolute atomic E-state index is 13.2. The van der Waals surface area contributed by atoms with E-state index in [0.717, 1.165) is 68.6 Å². The Hall–Kier alpha value is -2.78. The van der Waals surface area contributed by atoms with Gasteiger partial charge in [-0.3, -0.25) is 19.2 Å². The second-order valence-corrected chi connectivity index (χ2v) is 11.4. The lowest BCUT2D eigenvalue weighted by molar-refractivity contribution is -0.122. The molecule has 3 aliphatic rings. The molecule has 5 rings (SSSR count). The molecule has 2 aliphatic heterocycles. The van der Waals surface area contributed by atoms with Gasteiger partial charge in [0.1, 0.15) is 0 Å². The fourth-order valence-electron chi connectivity index (χ4n) is 5.50. The lowest BCUT2D eigenvalue weighted by Gasteiger charge is -2.25. The van der Waals surface area contributed by atoms with E-state index in [-0.39, 0.29) is 24.6 Å². The van der Waals surface area contributed by atoms with Crippen molar-refractivity contribution in [1.82, 2.24) is 25.3 Å². The summed E-state index contributed by atoms with van der Waals surface area (Å²) in [6.07, 6.45) is 5.34. The SMILES string of the molecule is CC(C)CCn1nc2c3c1CCC(C3)NC(=O)CCCN(Cc1cc3c(cc1Cl)OCO3)CCCNC2=O. The molecule has 9 nitrogen and oxygen atoms in total. The molecule has 2 aromatic rings. The molecule has 1 atom stereocenters. The Morgan fingerprint density at radius 3 is 2.74 bits per heavy atom. The summed E-state index contributed by atoms with van der Waals surface area (Å²) in [4.78, 5) is 28.4. The Kier molecular flexibility index (Phi) is 8.43. The molecule has 1 unspecified atom stereocenters. The number of amides is 2. The molecule has 2 N–H and O–H groups in total. The smallest absolute Gasteiger partial charge is 0.272 e. The number of carbonyl (C=O) groups excluding carboxylic acids is 2. The Morgan fingerprint density at radius 2 is 1.92 bits per heavy atom. The van der Waals surface area contributed by atoms with Crippen LogP contribution in [0.3, 0.4) is 0 Å². The summed E-state index contributed by atoms with van der Waals surface area (Å²) < 4.78 is 13.0. The minimum Gasteiger partial charge on any atom is -0.454 e. The number of hydrogen-bond acceptors (Lipinski definition) is 6. The number of nitrogens with one attached hydrogen (secondary N) is 2. The molecule has 2 amide bonds. The number of benzene rings is 1. The Bertz CT molecular complexity index is 1180. The van der Waals surface area contributed by atoms with Gasteiger partial charge < -0.3 is 20.1 Å². The number of carbonyl (C=O) groups is 2. The van der Waals surface area contributed by atoms with Crippen LogP contribution in [0.4, 0.5) is 0 Å². The van der Waals surface area contributed by atoms with Crippen LogP contribution >= 0.6 is 11.6 Å². The van der Waals surface area contributed by atoms with Gasteiger partial charge in [0.2, 0.25) is 12.7 Å². The molecular formula is C28H38ClN5O4. The number of ether oxygens (including phenoxy) is 2. The fourth-order valence-corrected chi connectivity index (χ4v) is 5.71. The lowest BCUT2D eigenvalue weighted by Crippen LogP contribution is -2.39. The van der Waals surface area contributed by atoms with Gasteiger partial charge in [-0.05, 0) is 62.6 Å². The molecule has 0 saturated heterocycles. The molecule has 0 radical (unpaired) electrons. The van der Waals surface area contributed by atoms with Crippen LogP contribution in [0.5, 0.6) is 11.5 Å². The van der Waals surface area contributed by atoms with Crippen LogP contribution in [0.15, 0.2) is 12.1 Å². The number of rotatable bonds is 5. The second-order valence-electron chi connectivity index (χ2n) is 11.0. The molecule has 0 saturated carbocycles. The van der Waals surface area contributed by atoms with Crippen molar-refractivity contribution in [2.75, 3.05) is 26.4 Å². The minimum absolute atomic E-state index is 0.0259. The summed E-state index contributed by atoms with van der Waals surface area (Å²) in [5.74, 6) is 1.86. The third-order valence-corrected chi connectivity index (χ3v) is 7.95. The number of halogens is 1. The van der Waals surface area contributed by atoms with Crippen LogP contribution < -0.4 is 20.1 Å². The molecule has 1 aromatic heterocycles. The highest BCUT2D eigenvalue weighted by Crippen LogP contribution is 2.37. The van der Waals surface area contributed by atoms with Crippen molar-refractivity contribution < 1.29 is 19.1 Å². The Labute approximate surface area is 229 Å². The minimum atomic E-state index is -0.128. The highest BCUT2D eigenvalue weighted by molar-refractivity contribution is 6.31. The predicted octanol–water partition coefficient (Wildman–Crippen LogP) is 3.70. The van der Waals surface area contributed by atoms with Crippen LogP contribution in [-0.2, 0) is 30.7 Å². The molecule has 0 spiro atoms. The molecule has 3 heterocycles. The summed E-state index contributed by atoms with van der Waals surface area (Å²) in [5, 5.41) is 11.7. The van der Waals surface area contributed by atoms with Crippen LogP contribution in [0.1, 0.15) is 73.3 Å². The van der Waals surface area contributed by atoms with Crippen molar-refractivity contribution in [3.63, 3.8) is 0 Å². The van der Waals surface area contributed by atoms with Crippen molar-refractivity contribution >= 4 is 23.4 Å². The molecule has 0 fully saturated rings. The highest BCUT2D eigenvalue weighted by Gasteiger charge is 2.30. The van der Waals surface area contributed by atoms with Crippen molar-refractivity contribution in [2.45, 2.75) is 77.9 Å². The number of hydrogen-bond donors (Lipinski definition) is 2. The zero-order chi connectivity index (χ0) is 26.6. The highest BCUT2D eigenvalue weighted by atomic mass is 35.5. The Morgan fingerprint density at radius 1 is 1.13 bits per heavy atom. The van der Waals surface area contributed by atoms with E-state index in [1.54, 1.807) is 6.07 Å². The molecular weight excluding hydrogens is 506 g/mol. The van der Waals surface area contributed by atoms with Crippen molar-refractivity contribution in [3.8, 4) is 11.5 Å². The summed E-state index contributed by atoms with van der Waals surface area (Å²) in [7, 11) is 0. The topological polar surface area (TPSA) is 97.7 Å². The van der Waals surface area contributed by atoms with E-state index < -0.39 is 0 Å². The lowest BCUT2D eigenvalue weighted by atomic mass is 9.91. The van der Waals surface area contributed by atoms with E-state index in [1.165, 1.54) is 0 Å². The normalized spacial score (nSPS) is 20.6. The molecule has 1 aromatic carbocycles. The van der Waals surface area contributed by atoms with Gasteiger partial charge in [0.15, 0.2) is 17.2 Å². The molecule has 2 bridgehead atoms. The summed E-state index contributed by atoms with van der Waals surface area (Å²) in [6, 6.07) is 3.76. The zero-order valence-electron chi connectivity index (χ0n) is 22.4. The van der Waals surface area contributed by atoms with Gasteiger partial charge in [-0.15, -0.1) is 0 Å². The van der Waals surface area contributed by atoms with E-state index >= 15 is 0 Å². The van der Waals surface area contributed by atoms with Gasteiger partial charge in [0.25, 0.3) is 5.91 Å². The average Bonchev–Trinajstić information content (AvgIpc) is 3.48. The van der Waals surface area contributed by atoms with Gasteiger partial charge in [0, 0.05) is 61.0 Å². The van der Waals surface area contributed by atoms with Crippen molar-refractivity contribution in [3.05, 3.63) is 39.7 Å². The first kappa shape index (κ1) is 26.8. The second kappa shape index (κ2) is 11.9. The van der Waals surface area contributed by atoms with Crippen LogP contribution in [-0.4, -0.2) is 59.0 Å². The van der Waals surface area contributed by atoms with Crippen LogP contribution in [0.2, 0.25) is 5.02 Å². The van der Waals surface area contributed by atoms with Crippen molar-refractivity contribution in [2.24, 2.45) is 5.92 Å². The van der Waals surface area contributed by atoms with Gasteiger partial charge in [0.05, 0.1) is 0 Å². The Balaban J connectivity index is 1.30. The van der Waals surface area contributed by atoms with E-state index in [4.69, 9.17) is 26.2 Å². The predicted molar refractivity (Wildman–Crippen MR) is 145 cm³/mol. The van der Waals surface area contributed by atoms with Gasteiger partial charge >= 0.3 is 0 Å². The number of aryl methyl sites for hydroxylation is 1. The monoisotopic (exact) mass is 543 g/mol. The van der Waals surface area contributed by atoms with Crippen LogP contribution in [0, 0.1) is 5.92 Å². The maximum Gasteiger partial charge on any atom is 0.272 e. The van der Waals surface area contributed by atoms with Gasteiger partial charge in [-0.25, -0.2) is 0 Å². The van der Waals surface area contributed by atoms with Crippen molar-refractivity contribution in [1.29, 1.82) is 0 Å².